The van der Waals surface area contributed by atoms with Crippen LogP contribution in [-0.2, 0) is 27.2 Å². The molecule has 1 aliphatic rings. The summed E-state index contributed by atoms with van der Waals surface area (Å²) in [4.78, 5) is 30.8. The lowest BCUT2D eigenvalue weighted by atomic mass is 10.1. The average molecular weight is 407 g/mol. The van der Waals surface area contributed by atoms with E-state index in [2.05, 4.69) is 11.1 Å². The zero-order valence-corrected chi connectivity index (χ0v) is 17.1. The zero-order chi connectivity index (χ0) is 20.2. The second-order valence-electron chi connectivity index (χ2n) is 7.04. The van der Waals surface area contributed by atoms with Crippen molar-refractivity contribution in [2.75, 3.05) is 18.1 Å². The third-order valence-electron chi connectivity index (χ3n) is 5.01. The third kappa shape index (κ3) is 4.54. The monoisotopic (exact) mass is 406 g/mol. The summed E-state index contributed by atoms with van der Waals surface area (Å²) in [5.41, 5.74) is 5.13. The number of carbonyl (C=O) groups is 2. The van der Waals surface area contributed by atoms with Crippen molar-refractivity contribution in [1.29, 1.82) is 0 Å². The highest BCUT2D eigenvalue weighted by Crippen LogP contribution is 2.32. The molecule has 0 unspecified atom stereocenters. The number of benzene rings is 2. The van der Waals surface area contributed by atoms with Crippen molar-refractivity contribution in [3.8, 4) is 11.3 Å². The molecule has 6 heteroatoms. The van der Waals surface area contributed by atoms with Gasteiger partial charge in [0.25, 0.3) is 5.91 Å². The molecule has 0 atom stereocenters. The number of aromatic nitrogens is 1. The minimum absolute atomic E-state index is 0.186. The lowest BCUT2D eigenvalue weighted by Crippen LogP contribution is -2.33. The van der Waals surface area contributed by atoms with Gasteiger partial charge in [-0.2, -0.15) is 0 Å². The fourth-order valence-corrected chi connectivity index (χ4v) is 4.12. The van der Waals surface area contributed by atoms with Gasteiger partial charge in [0.1, 0.15) is 0 Å². The van der Waals surface area contributed by atoms with Gasteiger partial charge in [0.15, 0.2) is 6.61 Å². The minimum atomic E-state index is -0.351. The number of hydrogen-bond donors (Lipinski definition) is 0. The number of nitrogens with zero attached hydrogens (tertiary/aromatic N) is 2. The van der Waals surface area contributed by atoms with E-state index in [-0.39, 0.29) is 24.9 Å². The number of aryl methyl sites for hydroxylation is 2. The normalized spacial score (nSPS) is 12.7. The Labute approximate surface area is 174 Å². The molecule has 4 rings (SSSR count). The molecule has 2 aromatic carbocycles. The summed E-state index contributed by atoms with van der Waals surface area (Å²) in [6, 6.07) is 15.8. The highest BCUT2D eigenvalue weighted by molar-refractivity contribution is 7.09. The van der Waals surface area contributed by atoms with E-state index in [4.69, 9.17) is 4.74 Å². The Balaban J connectivity index is 1.33. The Morgan fingerprint density at radius 3 is 2.76 bits per heavy atom. The van der Waals surface area contributed by atoms with Crippen molar-refractivity contribution in [1.82, 2.24) is 4.98 Å². The Kier molecular flexibility index (Phi) is 5.71. The number of fused-ring (bicyclic) bond motifs is 1. The van der Waals surface area contributed by atoms with Crippen molar-refractivity contribution in [3.05, 3.63) is 70.0 Å². The van der Waals surface area contributed by atoms with Crippen molar-refractivity contribution in [3.63, 3.8) is 0 Å². The molecule has 0 bridgehead atoms. The number of thiazole rings is 1. The molecule has 0 saturated heterocycles. The van der Waals surface area contributed by atoms with Crippen molar-refractivity contribution >= 4 is 28.9 Å². The van der Waals surface area contributed by atoms with Crippen LogP contribution in [0.25, 0.3) is 11.3 Å². The predicted octanol–water partition coefficient (Wildman–Crippen LogP) is 4.18. The van der Waals surface area contributed by atoms with Crippen molar-refractivity contribution in [2.45, 2.75) is 26.2 Å². The molecule has 1 aromatic heterocycles. The van der Waals surface area contributed by atoms with Crippen molar-refractivity contribution in [2.24, 2.45) is 0 Å². The molecule has 0 N–H and O–H groups in total. The Bertz CT molecular complexity index is 1030. The molecular weight excluding hydrogens is 384 g/mol. The Morgan fingerprint density at radius 1 is 1.17 bits per heavy atom. The van der Waals surface area contributed by atoms with Gasteiger partial charge < -0.3 is 9.64 Å². The molecule has 0 aliphatic carbocycles. The van der Waals surface area contributed by atoms with Gasteiger partial charge in [0.2, 0.25) is 0 Å². The largest absolute Gasteiger partial charge is 0.456 e. The van der Waals surface area contributed by atoms with Gasteiger partial charge in [0.05, 0.1) is 10.7 Å². The molecule has 5 nitrogen and oxygen atoms in total. The SMILES string of the molecule is Cc1nc(-c2ccc3c(c2)CCN3C(=O)COC(=O)CCc2ccccc2)cs1. The summed E-state index contributed by atoms with van der Waals surface area (Å²) in [5, 5.41) is 3.08. The van der Waals surface area contributed by atoms with Crippen LogP contribution in [0.2, 0.25) is 0 Å². The maximum atomic E-state index is 12.6. The fraction of sp³-hybridized carbons (Fsp3) is 0.261. The zero-order valence-electron chi connectivity index (χ0n) is 16.3. The van der Waals surface area contributed by atoms with Crippen LogP contribution in [0.4, 0.5) is 5.69 Å². The number of ether oxygens (including phenoxy) is 1. The van der Waals surface area contributed by atoms with Crippen molar-refractivity contribution < 1.29 is 14.3 Å². The van der Waals surface area contributed by atoms with Crippen LogP contribution in [0.1, 0.15) is 22.6 Å². The molecule has 148 valence electrons. The summed E-state index contributed by atoms with van der Waals surface area (Å²) >= 11 is 1.63. The topological polar surface area (TPSA) is 59.5 Å². The van der Waals surface area contributed by atoms with Gasteiger partial charge in [-0.05, 0) is 43.0 Å². The van der Waals surface area contributed by atoms with Crippen LogP contribution in [0.15, 0.2) is 53.9 Å². The maximum Gasteiger partial charge on any atom is 0.306 e. The third-order valence-corrected chi connectivity index (χ3v) is 5.78. The molecular formula is C23H22N2O3S. The molecule has 0 fully saturated rings. The molecule has 2 heterocycles. The first-order valence-electron chi connectivity index (χ1n) is 9.65. The van der Waals surface area contributed by atoms with Gasteiger partial charge in [-0.15, -0.1) is 11.3 Å². The average Bonchev–Trinajstić information content (AvgIpc) is 3.37. The Morgan fingerprint density at radius 2 is 2.00 bits per heavy atom. The summed E-state index contributed by atoms with van der Waals surface area (Å²) in [6.07, 6.45) is 1.67. The standard InChI is InChI=1S/C23H22N2O3S/c1-16-24-20(15-29-16)18-8-9-21-19(13-18)11-12-25(21)22(26)14-28-23(27)10-7-17-5-3-2-4-6-17/h2-6,8-9,13,15H,7,10-12,14H2,1H3. The van der Waals surface area contributed by atoms with E-state index in [1.807, 2.05) is 54.8 Å². The van der Waals surface area contributed by atoms with Gasteiger partial charge >= 0.3 is 5.97 Å². The summed E-state index contributed by atoms with van der Waals surface area (Å²) < 4.78 is 5.21. The van der Waals surface area contributed by atoms with E-state index in [1.54, 1.807) is 16.2 Å². The van der Waals surface area contributed by atoms with Crippen LogP contribution in [-0.4, -0.2) is 30.0 Å². The van der Waals surface area contributed by atoms with Crippen LogP contribution in [0, 0.1) is 6.92 Å². The lowest BCUT2D eigenvalue weighted by Gasteiger charge is -2.17. The number of anilines is 1. The number of esters is 1. The summed E-state index contributed by atoms with van der Waals surface area (Å²) in [7, 11) is 0. The first kappa shape index (κ1) is 19.3. The molecule has 0 saturated carbocycles. The van der Waals surface area contributed by atoms with E-state index in [1.165, 1.54) is 0 Å². The molecule has 29 heavy (non-hydrogen) atoms. The quantitative estimate of drug-likeness (QED) is 0.576. The molecule has 0 radical (unpaired) electrons. The summed E-state index contributed by atoms with van der Waals surface area (Å²) in [6.45, 7) is 2.37. The van der Waals surface area contributed by atoms with Crippen LogP contribution in [0.3, 0.4) is 0 Å². The van der Waals surface area contributed by atoms with E-state index >= 15 is 0 Å². The van der Waals surface area contributed by atoms with Crippen LogP contribution in [0.5, 0.6) is 0 Å². The van der Waals surface area contributed by atoms with E-state index < -0.39 is 0 Å². The molecule has 1 aliphatic heterocycles. The highest BCUT2D eigenvalue weighted by atomic mass is 32.1. The van der Waals surface area contributed by atoms with Crippen LogP contribution >= 0.6 is 11.3 Å². The van der Waals surface area contributed by atoms with Gasteiger partial charge in [-0.1, -0.05) is 36.4 Å². The van der Waals surface area contributed by atoms with E-state index in [0.29, 0.717) is 13.0 Å². The fourth-order valence-electron chi connectivity index (χ4n) is 3.50. The van der Waals surface area contributed by atoms with Gasteiger partial charge in [-0.3, -0.25) is 9.59 Å². The highest BCUT2D eigenvalue weighted by Gasteiger charge is 2.25. The number of rotatable bonds is 6. The second-order valence-corrected chi connectivity index (χ2v) is 8.10. The number of hydrogen-bond acceptors (Lipinski definition) is 5. The first-order valence-corrected chi connectivity index (χ1v) is 10.5. The molecule has 3 aromatic rings. The number of carbonyl (C=O) groups excluding carboxylic acids is 2. The van der Waals surface area contributed by atoms with Gasteiger partial charge in [0, 0.05) is 29.6 Å². The van der Waals surface area contributed by atoms with E-state index in [9.17, 15) is 9.59 Å². The smallest absolute Gasteiger partial charge is 0.306 e. The molecule has 0 spiro atoms. The van der Waals surface area contributed by atoms with Gasteiger partial charge in [-0.25, -0.2) is 4.98 Å². The lowest BCUT2D eigenvalue weighted by molar-refractivity contribution is -0.147. The predicted molar refractivity (Wildman–Crippen MR) is 114 cm³/mol. The maximum absolute atomic E-state index is 12.6. The second kappa shape index (κ2) is 8.57. The van der Waals surface area contributed by atoms with Crippen LogP contribution < -0.4 is 4.90 Å². The summed E-state index contributed by atoms with van der Waals surface area (Å²) in [5.74, 6) is -0.537. The number of amides is 1. The first-order chi connectivity index (χ1) is 14.1. The van der Waals surface area contributed by atoms with E-state index in [0.717, 1.165) is 39.5 Å². The Hall–Kier alpha value is -2.99. The minimum Gasteiger partial charge on any atom is -0.456 e. The molecule has 1 amide bonds.